The topological polar surface area (TPSA) is 97.3 Å². The third kappa shape index (κ3) is 6.07. The number of fused-ring (bicyclic) bond motifs is 2. The summed E-state index contributed by atoms with van der Waals surface area (Å²) >= 11 is 0. The second-order valence-corrected chi connectivity index (χ2v) is 11.2. The molecule has 2 aliphatic heterocycles. The Labute approximate surface area is 230 Å². The van der Waals surface area contributed by atoms with Gasteiger partial charge in [0.1, 0.15) is 5.75 Å². The Morgan fingerprint density at radius 2 is 1.56 bits per heavy atom. The SMILES string of the molecule is Cc1ccc2c(c1)Oc1cc(C(F)(F)F)ccc1N2[C@H]1COC[C@@H](NS(=O)(=O)c2ccc(OC(F)(F)F)cc2)[C@@H]1O. The Morgan fingerprint density at radius 3 is 2.20 bits per heavy atom. The fourth-order valence-corrected chi connectivity index (χ4v) is 5.92. The van der Waals surface area contributed by atoms with E-state index in [-0.39, 0.29) is 30.4 Å². The summed E-state index contributed by atoms with van der Waals surface area (Å²) in [5.74, 6) is -0.506. The first-order valence-corrected chi connectivity index (χ1v) is 13.5. The number of ether oxygens (including phenoxy) is 3. The summed E-state index contributed by atoms with van der Waals surface area (Å²) < 4.78 is 121. The van der Waals surface area contributed by atoms with Crippen molar-refractivity contribution in [3.63, 3.8) is 0 Å². The Balaban J connectivity index is 1.44. The molecule has 2 aliphatic rings. The minimum Gasteiger partial charge on any atom is -0.453 e. The molecule has 220 valence electrons. The second kappa shape index (κ2) is 10.4. The van der Waals surface area contributed by atoms with Crippen molar-refractivity contribution >= 4 is 21.4 Å². The Bertz CT molecular complexity index is 1550. The zero-order valence-corrected chi connectivity index (χ0v) is 21.8. The van der Waals surface area contributed by atoms with Gasteiger partial charge in [0.25, 0.3) is 0 Å². The molecule has 8 nitrogen and oxygen atoms in total. The molecule has 3 aromatic carbocycles. The highest BCUT2D eigenvalue weighted by molar-refractivity contribution is 7.89. The summed E-state index contributed by atoms with van der Waals surface area (Å²) in [6, 6.07) is 9.22. The minimum absolute atomic E-state index is 0.114. The van der Waals surface area contributed by atoms with E-state index in [4.69, 9.17) is 9.47 Å². The summed E-state index contributed by atoms with van der Waals surface area (Å²) in [5.41, 5.74) is 0.437. The quantitative estimate of drug-likeness (QED) is 0.384. The van der Waals surface area contributed by atoms with Crippen LogP contribution in [0.15, 0.2) is 65.6 Å². The molecule has 0 bridgehead atoms. The maximum absolute atomic E-state index is 13.4. The van der Waals surface area contributed by atoms with E-state index in [2.05, 4.69) is 9.46 Å². The lowest BCUT2D eigenvalue weighted by atomic mass is 9.97. The smallest absolute Gasteiger partial charge is 0.453 e. The van der Waals surface area contributed by atoms with Crippen molar-refractivity contribution in [2.75, 3.05) is 18.1 Å². The van der Waals surface area contributed by atoms with Crippen molar-refractivity contribution in [1.29, 1.82) is 0 Å². The van der Waals surface area contributed by atoms with Crippen LogP contribution in [-0.2, 0) is 20.9 Å². The zero-order valence-electron chi connectivity index (χ0n) is 21.0. The number of nitrogens with zero attached hydrogens (tertiary/aromatic N) is 1. The Kier molecular flexibility index (Phi) is 7.34. The molecular weight excluding hydrogens is 582 g/mol. The molecule has 0 amide bonds. The largest absolute Gasteiger partial charge is 0.573 e. The highest BCUT2D eigenvalue weighted by atomic mass is 32.2. The molecule has 2 heterocycles. The van der Waals surface area contributed by atoms with Crippen LogP contribution in [0.3, 0.4) is 0 Å². The van der Waals surface area contributed by atoms with E-state index in [1.807, 2.05) is 0 Å². The van der Waals surface area contributed by atoms with Gasteiger partial charge in [-0.25, -0.2) is 13.1 Å². The number of aliphatic hydroxyl groups is 1. The van der Waals surface area contributed by atoms with Crippen LogP contribution in [-0.4, -0.2) is 51.3 Å². The molecule has 15 heteroatoms. The number of hydrogen-bond donors (Lipinski definition) is 2. The van der Waals surface area contributed by atoms with Crippen LogP contribution in [0.4, 0.5) is 37.7 Å². The number of alkyl halides is 6. The molecule has 3 aromatic rings. The van der Waals surface area contributed by atoms with Gasteiger partial charge in [0.05, 0.1) is 53.2 Å². The first-order valence-electron chi connectivity index (χ1n) is 12.1. The minimum atomic E-state index is -4.96. The monoisotopic (exact) mass is 604 g/mol. The van der Waals surface area contributed by atoms with E-state index >= 15 is 0 Å². The van der Waals surface area contributed by atoms with Gasteiger partial charge >= 0.3 is 12.5 Å². The van der Waals surface area contributed by atoms with Gasteiger partial charge in [0, 0.05) is 0 Å². The predicted molar refractivity (Wildman–Crippen MR) is 133 cm³/mol. The van der Waals surface area contributed by atoms with Crippen LogP contribution in [0.2, 0.25) is 0 Å². The maximum Gasteiger partial charge on any atom is 0.573 e. The molecule has 1 saturated heterocycles. The summed E-state index contributed by atoms with van der Waals surface area (Å²) in [4.78, 5) is 1.15. The molecule has 0 saturated carbocycles. The van der Waals surface area contributed by atoms with Crippen molar-refractivity contribution in [2.24, 2.45) is 0 Å². The van der Waals surface area contributed by atoms with Gasteiger partial charge in [0.15, 0.2) is 11.5 Å². The number of rotatable bonds is 5. The number of benzene rings is 3. The molecule has 5 rings (SSSR count). The molecular formula is C26H22F6N2O6S. The highest BCUT2D eigenvalue weighted by Crippen LogP contribution is 2.50. The third-order valence-corrected chi connectivity index (χ3v) is 8.05. The van der Waals surface area contributed by atoms with E-state index in [0.717, 1.165) is 42.0 Å². The van der Waals surface area contributed by atoms with Gasteiger partial charge in [-0.1, -0.05) is 6.07 Å². The predicted octanol–water partition coefficient (Wildman–Crippen LogP) is 5.26. The number of nitrogens with one attached hydrogen (secondary N) is 1. The van der Waals surface area contributed by atoms with Gasteiger partial charge in [0.2, 0.25) is 10.0 Å². The summed E-state index contributed by atoms with van der Waals surface area (Å²) in [6.07, 6.45) is -11.0. The van der Waals surface area contributed by atoms with Crippen molar-refractivity contribution in [3.8, 4) is 17.2 Å². The van der Waals surface area contributed by atoms with Gasteiger partial charge in [-0.3, -0.25) is 0 Å². The zero-order chi connectivity index (χ0) is 29.7. The summed E-state index contributed by atoms with van der Waals surface area (Å²) in [7, 11) is -4.35. The number of anilines is 2. The molecule has 3 atom stereocenters. The lowest BCUT2D eigenvalue weighted by Gasteiger charge is -2.44. The van der Waals surface area contributed by atoms with E-state index < -0.39 is 57.0 Å². The molecule has 0 aromatic heterocycles. The van der Waals surface area contributed by atoms with Crippen molar-refractivity contribution in [1.82, 2.24) is 4.72 Å². The van der Waals surface area contributed by atoms with Gasteiger partial charge in [-0.15, -0.1) is 13.2 Å². The first kappa shape index (κ1) is 29.0. The van der Waals surface area contributed by atoms with Crippen molar-refractivity contribution in [3.05, 3.63) is 71.8 Å². The number of aryl methyl sites for hydroxylation is 1. The van der Waals surface area contributed by atoms with Gasteiger partial charge in [-0.2, -0.15) is 13.2 Å². The van der Waals surface area contributed by atoms with E-state index in [0.29, 0.717) is 5.69 Å². The van der Waals surface area contributed by atoms with E-state index in [1.165, 1.54) is 6.07 Å². The standard InChI is InChI=1S/C26H22F6N2O6S/c1-14-2-8-19-22(10-14)39-23-11-15(25(27,28)29)3-9-20(23)34(19)21-13-38-12-18(24(21)35)33-41(36,37)17-6-4-16(5-7-17)40-26(30,31)32/h2-11,18,21,24,33,35H,12-13H2,1H3/t18-,21+,24+/m1/s1. The van der Waals surface area contributed by atoms with E-state index in [1.54, 1.807) is 30.0 Å². The van der Waals surface area contributed by atoms with Crippen molar-refractivity contribution < 1.29 is 54.1 Å². The average Bonchev–Trinajstić information content (AvgIpc) is 2.87. The Morgan fingerprint density at radius 1 is 0.927 bits per heavy atom. The fourth-order valence-electron chi connectivity index (χ4n) is 4.68. The van der Waals surface area contributed by atoms with Crippen LogP contribution >= 0.6 is 0 Å². The van der Waals surface area contributed by atoms with Crippen LogP contribution in [0.5, 0.6) is 17.2 Å². The number of hydrogen-bond acceptors (Lipinski definition) is 7. The van der Waals surface area contributed by atoms with Crippen LogP contribution < -0.4 is 19.1 Å². The molecule has 0 spiro atoms. The fraction of sp³-hybridized carbons (Fsp3) is 0.308. The van der Waals surface area contributed by atoms with Crippen LogP contribution in [0.1, 0.15) is 11.1 Å². The van der Waals surface area contributed by atoms with Gasteiger partial charge < -0.3 is 24.2 Å². The number of sulfonamides is 1. The second-order valence-electron chi connectivity index (χ2n) is 9.47. The molecule has 1 fully saturated rings. The molecule has 0 radical (unpaired) electrons. The van der Waals surface area contributed by atoms with Crippen LogP contribution in [0, 0.1) is 6.92 Å². The number of halogens is 6. The summed E-state index contributed by atoms with van der Waals surface area (Å²) in [5, 5.41) is 11.3. The first-order chi connectivity index (χ1) is 19.1. The molecule has 0 unspecified atom stereocenters. The average molecular weight is 605 g/mol. The molecule has 0 aliphatic carbocycles. The lowest BCUT2D eigenvalue weighted by molar-refractivity contribution is -0.274. The Hall–Kier alpha value is -3.53. The van der Waals surface area contributed by atoms with Crippen molar-refractivity contribution in [2.45, 2.75) is 42.5 Å². The van der Waals surface area contributed by atoms with Crippen LogP contribution in [0.25, 0.3) is 0 Å². The summed E-state index contributed by atoms with van der Waals surface area (Å²) in [6.45, 7) is 1.40. The third-order valence-electron chi connectivity index (χ3n) is 6.54. The highest BCUT2D eigenvalue weighted by Gasteiger charge is 2.43. The lowest BCUT2D eigenvalue weighted by Crippen LogP contribution is -2.60. The number of aliphatic hydroxyl groups excluding tert-OH is 1. The normalized spacial score (nSPS) is 21.1. The van der Waals surface area contributed by atoms with Gasteiger partial charge in [-0.05, 0) is 67.1 Å². The molecule has 2 N–H and O–H groups in total. The molecule has 41 heavy (non-hydrogen) atoms. The van der Waals surface area contributed by atoms with E-state index in [9.17, 15) is 39.9 Å². The maximum atomic E-state index is 13.4.